The van der Waals surface area contributed by atoms with Crippen molar-refractivity contribution < 1.29 is 9.53 Å². The van der Waals surface area contributed by atoms with Crippen LogP contribution < -0.4 is 10.7 Å². The molecule has 0 saturated carbocycles. The highest BCUT2D eigenvalue weighted by Crippen LogP contribution is 2.13. The fourth-order valence-corrected chi connectivity index (χ4v) is 3.65. The Balaban J connectivity index is 1.72. The van der Waals surface area contributed by atoms with Crippen molar-refractivity contribution >= 4 is 16.8 Å². The van der Waals surface area contributed by atoms with E-state index in [0.717, 1.165) is 57.8 Å². The van der Waals surface area contributed by atoms with Gasteiger partial charge in [-0.25, -0.2) is 0 Å². The molecule has 0 spiro atoms. The molecule has 28 heavy (non-hydrogen) atoms. The summed E-state index contributed by atoms with van der Waals surface area (Å²) in [7, 11) is 0. The van der Waals surface area contributed by atoms with Gasteiger partial charge >= 0.3 is 0 Å². The maximum Gasteiger partial charge on any atom is 0.256 e. The lowest BCUT2D eigenvalue weighted by Crippen LogP contribution is -2.42. The van der Waals surface area contributed by atoms with Crippen molar-refractivity contribution in [2.24, 2.45) is 0 Å². The monoisotopic (exact) mass is 385 g/mol. The van der Waals surface area contributed by atoms with Crippen LogP contribution in [0.3, 0.4) is 0 Å². The standard InChI is InChI=1S/C22H31N3O3/c1-2-3-4-7-11-25-17-19(21(26)18-8-5-6-9-20(18)25)22(27)23-10-12-24-13-15-28-16-14-24/h5-6,8-9,17H,2-4,7,10-16H2,1H3,(H,23,27). The van der Waals surface area contributed by atoms with E-state index in [1.54, 1.807) is 6.20 Å². The number of para-hydroxylation sites is 1. The number of amides is 1. The number of rotatable bonds is 9. The van der Waals surface area contributed by atoms with Gasteiger partial charge in [0.15, 0.2) is 0 Å². The molecule has 6 heteroatoms. The molecule has 6 nitrogen and oxygen atoms in total. The summed E-state index contributed by atoms with van der Waals surface area (Å²) in [5.41, 5.74) is 0.939. The first-order valence-electron chi connectivity index (χ1n) is 10.4. The highest BCUT2D eigenvalue weighted by Gasteiger charge is 2.16. The second-order valence-corrected chi connectivity index (χ2v) is 7.35. The van der Waals surface area contributed by atoms with Crippen molar-refractivity contribution in [2.45, 2.75) is 39.2 Å². The Hall–Kier alpha value is -2.18. The number of nitrogens with zero attached hydrogens (tertiary/aromatic N) is 2. The Kier molecular flexibility index (Phi) is 7.62. The number of unbranched alkanes of at least 4 members (excludes halogenated alkanes) is 3. The Bertz CT molecular complexity index is 841. The summed E-state index contributed by atoms with van der Waals surface area (Å²) >= 11 is 0. The highest BCUT2D eigenvalue weighted by molar-refractivity contribution is 5.97. The highest BCUT2D eigenvalue weighted by atomic mass is 16.5. The minimum atomic E-state index is -0.286. The Morgan fingerprint density at radius 1 is 1.11 bits per heavy atom. The van der Waals surface area contributed by atoms with Crippen molar-refractivity contribution in [1.82, 2.24) is 14.8 Å². The van der Waals surface area contributed by atoms with Crippen molar-refractivity contribution in [2.75, 3.05) is 39.4 Å². The molecule has 2 heterocycles. The molecule has 0 aliphatic carbocycles. The Morgan fingerprint density at radius 3 is 2.68 bits per heavy atom. The van der Waals surface area contributed by atoms with E-state index in [1.807, 2.05) is 24.3 Å². The summed E-state index contributed by atoms with van der Waals surface area (Å²) in [5.74, 6) is -0.286. The number of aryl methyl sites for hydroxylation is 1. The van der Waals surface area contributed by atoms with Crippen LogP contribution in [0.5, 0.6) is 0 Å². The summed E-state index contributed by atoms with van der Waals surface area (Å²) in [5, 5.41) is 3.53. The predicted molar refractivity (Wildman–Crippen MR) is 112 cm³/mol. The predicted octanol–water partition coefficient (Wildman–Crippen LogP) is 2.64. The van der Waals surface area contributed by atoms with Gasteiger partial charge in [-0.05, 0) is 18.6 Å². The Labute approximate surface area is 166 Å². The molecule has 152 valence electrons. The maximum absolute atomic E-state index is 12.9. The van der Waals surface area contributed by atoms with Gasteiger partial charge in [0.1, 0.15) is 5.56 Å². The molecule has 0 radical (unpaired) electrons. The number of fused-ring (bicyclic) bond motifs is 1. The molecule has 0 unspecified atom stereocenters. The Morgan fingerprint density at radius 2 is 1.89 bits per heavy atom. The number of carbonyl (C=O) groups excluding carboxylic acids is 1. The molecule has 3 rings (SSSR count). The van der Waals surface area contributed by atoms with Crippen LogP contribution in [0.2, 0.25) is 0 Å². The van der Waals surface area contributed by atoms with Crippen molar-refractivity contribution in [1.29, 1.82) is 0 Å². The molecule has 1 saturated heterocycles. The third kappa shape index (κ3) is 5.20. The largest absolute Gasteiger partial charge is 0.379 e. The molecule has 1 fully saturated rings. The number of pyridine rings is 1. The van der Waals surface area contributed by atoms with E-state index in [1.165, 1.54) is 12.8 Å². The van der Waals surface area contributed by atoms with Crippen molar-refractivity contribution in [3.05, 3.63) is 46.2 Å². The van der Waals surface area contributed by atoms with E-state index in [-0.39, 0.29) is 16.9 Å². The summed E-state index contributed by atoms with van der Waals surface area (Å²) in [6.45, 7) is 7.55. The van der Waals surface area contributed by atoms with Crippen LogP contribution in [0.25, 0.3) is 10.9 Å². The molecule has 1 aliphatic rings. The van der Waals surface area contributed by atoms with Crippen LogP contribution >= 0.6 is 0 Å². The van der Waals surface area contributed by atoms with E-state index < -0.39 is 0 Å². The van der Waals surface area contributed by atoms with Gasteiger partial charge in [0, 0.05) is 44.3 Å². The second kappa shape index (κ2) is 10.4. The lowest BCUT2D eigenvalue weighted by molar-refractivity contribution is 0.0383. The second-order valence-electron chi connectivity index (χ2n) is 7.35. The molecule has 0 bridgehead atoms. The van der Waals surface area contributed by atoms with Crippen LogP contribution in [0.4, 0.5) is 0 Å². The van der Waals surface area contributed by atoms with Gasteiger partial charge in [-0.15, -0.1) is 0 Å². The molecular formula is C22H31N3O3. The third-order valence-electron chi connectivity index (χ3n) is 5.30. The van der Waals surface area contributed by atoms with Gasteiger partial charge in [0.05, 0.1) is 18.7 Å². The smallest absolute Gasteiger partial charge is 0.256 e. The normalized spacial score (nSPS) is 15.0. The molecule has 1 N–H and O–H groups in total. The lowest BCUT2D eigenvalue weighted by Gasteiger charge is -2.26. The van der Waals surface area contributed by atoms with Crippen LogP contribution in [0.15, 0.2) is 35.3 Å². The van der Waals surface area contributed by atoms with Crippen LogP contribution in [0.1, 0.15) is 43.0 Å². The first-order valence-corrected chi connectivity index (χ1v) is 10.4. The number of hydrogen-bond acceptors (Lipinski definition) is 4. The van der Waals surface area contributed by atoms with Crippen LogP contribution in [-0.4, -0.2) is 54.8 Å². The molecule has 1 aliphatic heterocycles. The van der Waals surface area contributed by atoms with E-state index in [4.69, 9.17) is 4.74 Å². The SMILES string of the molecule is CCCCCCn1cc(C(=O)NCCN2CCOCC2)c(=O)c2ccccc21. The fraction of sp³-hybridized carbons (Fsp3) is 0.545. The van der Waals surface area contributed by atoms with Crippen molar-refractivity contribution in [3.8, 4) is 0 Å². The maximum atomic E-state index is 12.9. The average molecular weight is 386 g/mol. The molecule has 0 atom stereocenters. The van der Waals surface area contributed by atoms with Crippen LogP contribution in [-0.2, 0) is 11.3 Å². The lowest BCUT2D eigenvalue weighted by atomic mass is 10.1. The van der Waals surface area contributed by atoms with E-state index >= 15 is 0 Å². The average Bonchev–Trinajstić information content (AvgIpc) is 2.73. The van der Waals surface area contributed by atoms with Crippen molar-refractivity contribution in [3.63, 3.8) is 0 Å². The minimum Gasteiger partial charge on any atom is -0.379 e. The molecule has 2 aromatic rings. The third-order valence-corrected chi connectivity index (χ3v) is 5.30. The van der Waals surface area contributed by atoms with Gasteiger partial charge in [0.2, 0.25) is 5.43 Å². The van der Waals surface area contributed by atoms with Gasteiger partial charge in [-0.3, -0.25) is 14.5 Å². The number of carbonyl (C=O) groups is 1. The first kappa shape index (κ1) is 20.6. The number of nitrogens with one attached hydrogen (secondary N) is 1. The van der Waals surface area contributed by atoms with E-state index in [2.05, 4.69) is 21.7 Å². The number of benzene rings is 1. The molecular weight excluding hydrogens is 354 g/mol. The fourth-order valence-electron chi connectivity index (χ4n) is 3.65. The van der Waals surface area contributed by atoms with Gasteiger partial charge in [-0.1, -0.05) is 38.3 Å². The summed E-state index contributed by atoms with van der Waals surface area (Å²) in [6, 6.07) is 7.55. The van der Waals surface area contributed by atoms with E-state index in [9.17, 15) is 9.59 Å². The number of morpholine rings is 1. The van der Waals surface area contributed by atoms with Gasteiger partial charge in [-0.2, -0.15) is 0 Å². The number of ether oxygens (including phenoxy) is 1. The van der Waals surface area contributed by atoms with Crippen LogP contribution in [0, 0.1) is 0 Å². The quantitative estimate of drug-likeness (QED) is 0.674. The van der Waals surface area contributed by atoms with Gasteiger partial charge in [0.25, 0.3) is 5.91 Å². The van der Waals surface area contributed by atoms with E-state index in [0.29, 0.717) is 11.9 Å². The summed E-state index contributed by atoms with van der Waals surface area (Å²) < 4.78 is 7.40. The zero-order valence-electron chi connectivity index (χ0n) is 16.8. The minimum absolute atomic E-state index is 0.190. The molecule has 1 aromatic carbocycles. The number of aromatic nitrogens is 1. The summed E-state index contributed by atoms with van der Waals surface area (Å²) in [4.78, 5) is 27.8. The summed E-state index contributed by atoms with van der Waals surface area (Å²) in [6.07, 6.45) is 6.31. The topological polar surface area (TPSA) is 63.6 Å². The number of hydrogen-bond donors (Lipinski definition) is 1. The zero-order valence-corrected chi connectivity index (χ0v) is 16.8. The molecule has 1 aromatic heterocycles. The zero-order chi connectivity index (χ0) is 19.8. The molecule has 1 amide bonds. The van der Waals surface area contributed by atoms with Gasteiger partial charge < -0.3 is 14.6 Å². The first-order chi connectivity index (χ1) is 13.7.